The molecule has 2 bridgehead atoms. The lowest BCUT2D eigenvalue weighted by molar-refractivity contribution is -0.138. The second kappa shape index (κ2) is 6.73. The van der Waals surface area contributed by atoms with E-state index >= 15 is 0 Å². The monoisotopic (exact) mass is 380 g/mol. The summed E-state index contributed by atoms with van der Waals surface area (Å²) in [5.74, 6) is -0.742. The lowest BCUT2D eigenvalue weighted by Gasteiger charge is -2.28. The van der Waals surface area contributed by atoms with Gasteiger partial charge in [-0.3, -0.25) is 9.59 Å². The molecule has 1 N–H and O–H groups in total. The maximum atomic E-state index is 13.3. The highest BCUT2D eigenvalue weighted by molar-refractivity contribution is 5.93. The van der Waals surface area contributed by atoms with Crippen LogP contribution >= 0.6 is 0 Å². The van der Waals surface area contributed by atoms with E-state index in [0.717, 1.165) is 18.4 Å². The molecule has 0 aromatic heterocycles. The lowest BCUT2D eigenvalue weighted by Crippen LogP contribution is -2.47. The topological polar surface area (TPSA) is 58.6 Å². The number of hydrogen-bond donors (Lipinski definition) is 1. The summed E-state index contributed by atoms with van der Waals surface area (Å²) in [5, 5.41) is 3.22. The fraction of sp³-hybridized carbons (Fsp3) is 0.565. The number of aryl methyl sites for hydroxylation is 1. The number of carbonyl (C=O) groups excluding carboxylic acids is 2. The molecule has 5 rings (SSSR count). The Hall–Kier alpha value is -2.14. The highest BCUT2D eigenvalue weighted by Gasteiger charge is 2.66. The third kappa shape index (κ3) is 2.87. The van der Waals surface area contributed by atoms with E-state index < -0.39 is 17.4 Å². The van der Waals surface area contributed by atoms with Crippen molar-refractivity contribution in [2.45, 2.75) is 63.3 Å². The molecule has 1 spiro atoms. The Bertz CT molecular complexity index is 812. The van der Waals surface area contributed by atoms with E-state index in [0.29, 0.717) is 13.1 Å². The van der Waals surface area contributed by atoms with Crippen LogP contribution in [0.4, 0.5) is 0 Å². The fourth-order valence-corrected chi connectivity index (χ4v) is 5.47. The molecule has 4 aliphatic rings. The molecule has 4 unspecified atom stereocenters. The third-order valence-corrected chi connectivity index (χ3v) is 6.93. The molecule has 3 aliphatic heterocycles. The molecule has 2 amide bonds. The summed E-state index contributed by atoms with van der Waals surface area (Å²) in [6.07, 6.45) is 9.44. The highest BCUT2D eigenvalue weighted by atomic mass is 16.5. The van der Waals surface area contributed by atoms with Gasteiger partial charge in [0.05, 0.1) is 24.5 Å². The summed E-state index contributed by atoms with van der Waals surface area (Å²) in [6, 6.07) is 8.51. The van der Waals surface area contributed by atoms with E-state index in [1.54, 1.807) is 0 Å². The zero-order chi connectivity index (χ0) is 19.3. The third-order valence-electron chi connectivity index (χ3n) is 6.93. The van der Waals surface area contributed by atoms with Gasteiger partial charge in [-0.05, 0) is 25.3 Å². The Morgan fingerprint density at radius 1 is 1.21 bits per heavy atom. The maximum Gasteiger partial charge on any atom is 0.230 e. The Kier molecular flexibility index (Phi) is 4.31. The fourth-order valence-electron chi connectivity index (χ4n) is 5.47. The largest absolute Gasteiger partial charge is 0.360 e. The van der Waals surface area contributed by atoms with Crippen molar-refractivity contribution in [3.63, 3.8) is 0 Å². The van der Waals surface area contributed by atoms with Gasteiger partial charge in [0.2, 0.25) is 11.8 Å². The van der Waals surface area contributed by atoms with Crippen LogP contribution in [-0.2, 0) is 20.9 Å². The first-order valence-electron chi connectivity index (χ1n) is 10.6. The minimum Gasteiger partial charge on any atom is -0.360 e. The van der Waals surface area contributed by atoms with Crippen molar-refractivity contribution in [2.75, 3.05) is 6.54 Å². The van der Waals surface area contributed by atoms with Gasteiger partial charge in [0.1, 0.15) is 5.60 Å². The van der Waals surface area contributed by atoms with E-state index in [9.17, 15) is 9.59 Å². The van der Waals surface area contributed by atoms with Gasteiger partial charge in [0.15, 0.2) is 0 Å². The molecular weight excluding hydrogens is 352 g/mol. The second-order valence-corrected chi connectivity index (χ2v) is 8.92. The summed E-state index contributed by atoms with van der Waals surface area (Å²) in [6.45, 7) is 3.15. The number of rotatable bonds is 4. The molecule has 1 aromatic rings. The van der Waals surface area contributed by atoms with E-state index in [2.05, 4.69) is 36.5 Å². The summed E-state index contributed by atoms with van der Waals surface area (Å²) in [7, 11) is 0. The van der Waals surface area contributed by atoms with E-state index in [-0.39, 0.29) is 24.0 Å². The number of benzene rings is 1. The number of amides is 2. The normalized spacial score (nSPS) is 34.1. The minimum atomic E-state index is -0.624. The molecule has 1 aromatic carbocycles. The van der Waals surface area contributed by atoms with Gasteiger partial charge in [-0.2, -0.15) is 0 Å². The van der Waals surface area contributed by atoms with Crippen molar-refractivity contribution in [1.82, 2.24) is 10.2 Å². The molecular formula is C23H28N2O3. The SMILES string of the molecule is Cc1ccc(CN2CC34C=CC(O3)C(C(=O)NC3CCCCC3)C4C2=O)cc1. The van der Waals surface area contributed by atoms with Crippen LogP contribution in [0, 0.1) is 18.8 Å². The smallest absolute Gasteiger partial charge is 0.230 e. The molecule has 3 heterocycles. The van der Waals surface area contributed by atoms with Gasteiger partial charge in [0, 0.05) is 12.6 Å². The average Bonchev–Trinajstić information content (AvgIpc) is 3.33. The summed E-state index contributed by atoms with van der Waals surface area (Å²) < 4.78 is 6.23. The lowest BCUT2D eigenvalue weighted by atomic mass is 9.76. The van der Waals surface area contributed by atoms with Crippen LogP contribution in [0.5, 0.6) is 0 Å². The van der Waals surface area contributed by atoms with Gasteiger partial charge in [-0.15, -0.1) is 0 Å². The van der Waals surface area contributed by atoms with Gasteiger partial charge in [0.25, 0.3) is 0 Å². The van der Waals surface area contributed by atoms with Crippen molar-refractivity contribution >= 4 is 11.8 Å². The maximum absolute atomic E-state index is 13.3. The number of nitrogens with one attached hydrogen (secondary N) is 1. The quantitative estimate of drug-likeness (QED) is 0.817. The van der Waals surface area contributed by atoms with Crippen LogP contribution in [0.25, 0.3) is 0 Å². The van der Waals surface area contributed by atoms with Crippen molar-refractivity contribution in [3.05, 3.63) is 47.5 Å². The van der Waals surface area contributed by atoms with Crippen LogP contribution in [0.1, 0.15) is 43.2 Å². The van der Waals surface area contributed by atoms with E-state index in [1.807, 2.05) is 17.1 Å². The zero-order valence-electron chi connectivity index (χ0n) is 16.4. The number of nitrogens with zero attached hydrogens (tertiary/aromatic N) is 1. The predicted molar refractivity (Wildman–Crippen MR) is 105 cm³/mol. The molecule has 148 valence electrons. The Labute approximate surface area is 166 Å². The Morgan fingerprint density at radius 2 is 1.96 bits per heavy atom. The van der Waals surface area contributed by atoms with Crippen molar-refractivity contribution in [1.29, 1.82) is 0 Å². The molecule has 1 aliphatic carbocycles. The van der Waals surface area contributed by atoms with Crippen molar-refractivity contribution < 1.29 is 14.3 Å². The van der Waals surface area contributed by atoms with Gasteiger partial charge >= 0.3 is 0 Å². The average molecular weight is 380 g/mol. The van der Waals surface area contributed by atoms with E-state index in [1.165, 1.54) is 24.8 Å². The molecule has 28 heavy (non-hydrogen) atoms. The van der Waals surface area contributed by atoms with Crippen LogP contribution in [-0.4, -0.2) is 41.0 Å². The Balaban J connectivity index is 1.33. The standard InChI is InChI=1S/C23H28N2O3/c1-15-7-9-16(10-8-15)13-25-14-23-12-11-18(28-23)19(20(23)22(25)27)21(26)24-17-5-3-2-4-6-17/h7-12,17-20H,2-6,13-14H2,1H3,(H,24,26). The molecule has 2 saturated heterocycles. The summed E-state index contributed by atoms with van der Waals surface area (Å²) >= 11 is 0. The molecule has 5 heteroatoms. The van der Waals surface area contributed by atoms with Crippen LogP contribution in [0.2, 0.25) is 0 Å². The second-order valence-electron chi connectivity index (χ2n) is 8.92. The summed E-state index contributed by atoms with van der Waals surface area (Å²) in [5.41, 5.74) is 1.69. The van der Waals surface area contributed by atoms with Crippen molar-refractivity contribution in [3.8, 4) is 0 Å². The first-order valence-corrected chi connectivity index (χ1v) is 10.6. The van der Waals surface area contributed by atoms with Crippen molar-refractivity contribution in [2.24, 2.45) is 11.8 Å². The van der Waals surface area contributed by atoms with E-state index in [4.69, 9.17) is 4.74 Å². The number of hydrogen-bond acceptors (Lipinski definition) is 3. The summed E-state index contributed by atoms with van der Waals surface area (Å²) in [4.78, 5) is 28.2. The van der Waals surface area contributed by atoms with Crippen LogP contribution in [0.15, 0.2) is 36.4 Å². The highest BCUT2D eigenvalue weighted by Crippen LogP contribution is 2.52. The van der Waals surface area contributed by atoms with Crippen LogP contribution < -0.4 is 5.32 Å². The minimum absolute atomic E-state index is 0.00124. The molecule has 5 nitrogen and oxygen atoms in total. The van der Waals surface area contributed by atoms with Gasteiger partial charge in [-0.1, -0.05) is 61.2 Å². The number of ether oxygens (including phenoxy) is 1. The first kappa shape index (κ1) is 17.9. The van der Waals surface area contributed by atoms with Gasteiger partial charge in [-0.25, -0.2) is 0 Å². The predicted octanol–water partition coefficient (Wildman–Crippen LogP) is 2.73. The first-order chi connectivity index (χ1) is 13.6. The number of fused-ring (bicyclic) bond motifs is 1. The number of likely N-dealkylation sites (tertiary alicyclic amines) is 1. The molecule has 0 radical (unpaired) electrons. The molecule has 4 atom stereocenters. The molecule has 1 saturated carbocycles. The van der Waals surface area contributed by atoms with Crippen LogP contribution in [0.3, 0.4) is 0 Å². The molecule has 3 fully saturated rings. The Morgan fingerprint density at radius 3 is 2.71 bits per heavy atom. The number of carbonyl (C=O) groups is 2. The van der Waals surface area contributed by atoms with Gasteiger partial charge < -0.3 is 15.0 Å². The zero-order valence-corrected chi connectivity index (χ0v) is 16.4.